The number of para-hydroxylation sites is 1. The second-order valence-corrected chi connectivity index (χ2v) is 6.28. The summed E-state index contributed by atoms with van der Waals surface area (Å²) in [5, 5.41) is 2.82. The number of likely N-dealkylation sites (tertiary alicyclic amines) is 1. The number of hydrogen-bond acceptors (Lipinski definition) is 2. The first-order chi connectivity index (χ1) is 12.1. The molecule has 1 aliphatic rings. The first kappa shape index (κ1) is 17.0. The van der Waals surface area contributed by atoms with Crippen LogP contribution >= 0.6 is 0 Å². The van der Waals surface area contributed by atoms with E-state index in [9.17, 15) is 9.59 Å². The van der Waals surface area contributed by atoms with Crippen LogP contribution in [0.15, 0.2) is 54.6 Å². The van der Waals surface area contributed by atoms with Gasteiger partial charge in [-0.25, -0.2) is 0 Å². The normalized spacial score (nSPS) is 14.0. The largest absolute Gasteiger partial charge is 0.339 e. The molecule has 0 aliphatic carbocycles. The Morgan fingerprint density at radius 2 is 1.68 bits per heavy atom. The number of benzene rings is 2. The Hall–Kier alpha value is -2.88. The Bertz CT molecular complexity index is 788. The van der Waals surface area contributed by atoms with Crippen LogP contribution in [0.5, 0.6) is 0 Å². The zero-order valence-corrected chi connectivity index (χ0v) is 14.4. The molecule has 2 aromatic carbocycles. The Morgan fingerprint density at radius 3 is 2.40 bits per heavy atom. The van der Waals surface area contributed by atoms with E-state index in [4.69, 9.17) is 0 Å². The molecule has 1 heterocycles. The molecule has 1 N–H and O–H groups in total. The average Bonchev–Trinajstić information content (AvgIpc) is 3.16. The molecule has 4 heteroatoms. The molecule has 4 nitrogen and oxygen atoms in total. The lowest BCUT2D eigenvalue weighted by molar-refractivity contribution is -0.111. The van der Waals surface area contributed by atoms with Crippen LogP contribution in [0.1, 0.15) is 34.3 Å². The van der Waals surface area contributed by atoms with Crippen molar-refractivity contribution in [3.63, 3.8) is 0 Å². The lowest BCUT2D eigenvalue weighted by atomic mass is 10.1. The minimum atomic E-state index is -0.248. The molecular weight excluding hydrogens is 312 g/mol. The van der Waals surface area contributed by atoms with Crippen molar-refractivity contribution >= 4 is 23.6 Å². The fourth-order valence-electron chi connectivity index (χ4n) is 2.89. The van der Waals surface area contributed by atoms with Gasteiger partial charge in [0, 0.05) is 19.2 Å². The molecule has 128 valence electrons. The van der Waals surface area contributed by atoms with Gasteiger partial charge in [-0.1, -0.05) is 42.0 Å². The van der Waals surface area contributed by atoms with Crippen molar-refractivity contribution in [2.75, 3.05) is 18.4 Å². The van der Waals surface area contributed by atoms with Gasteiger partial charge in [0.15, 0.2) is 0 Å². The van der Waals surface area contributed by atoms with E-state index >= 15 is 0 Å². The predicted molar refractivity (Wildman–Crippen MR) is 100 cm³/mol. The van der Waals surface area contributed by atoms with Crippen LogP contribution in [0.4, 0.5) is 5.69 Å². The van der Waals surface area contributed by atoms with Crippen molar-refractivity contribution in [2.24, 2.45) is 0 Å². The number of carbonyl (C=O) groups is 2. The summed E-state index contributed by atoms with van der Waals surface area (Å²) >= 11 is 0. The minimum absolute atomic E-state index is 0.0177. The van der Waals surface area contributed by atoms with Gasteiger partial charge < -0.3 is 10.2 Å². The van der Waals surface area contributed by atoms with Crippen LogP contribution in [0.3, 0.4) is 0 Å². The highest BCUT2D eigenvalue weighted by atomic mass is 16.2. The fourth-order valence-corrected chi connectivity index (χ4v) is 2.89. The maximum atomic E-state index is 12.6. The second-order valence-electron chi connectivity index (χ2n) is 6.28. The van der Waals surface area contributed by atoms with Gasteiger partial charge >= 0.3 is 0 Å². The average molecular weight is 334 g/mol. The minimum Gasteiger partial charge on any atom is -0.339 e. The van der Waals surface area contributed by atoms with Crippen LogP contribution in [0.25, 0.3) is 6.08 Å². The first-order valence-corrected chi connectivity index (χ1v) is 8.57. The maximum Gasteiger partial charge on any atom is 0.255 e. The molecule has 0 spiro atoms. The van der Waals surface area contributed by atoms with Crippen molar-refractivity contribution < 1.29 is 9.59 Å². The standard InChI is InChI=1S/C21H22N2O2/c1-16-8-10-17(11-9-16)12-13-20(24)22-19-7-3-2-6-18(19)21(25)23-14-4-5-15-23/h2-3,6-13H,4-5,14-15H2,1H3,(H,22,24)/b13-12+. The highest BCUT2D eigenvalue weighted by molar-refractivity contribution is 6.07. The first-order valence-electron chi connectivity index (χ1n) is 8.57. The number of anilines is 1. The summed E-state index contributed by atoms with van der Waals surface area (Å²) in [7, 11) is 0. The zero-order chi connectivity index (χ0) is 17.6. The third-order valence-corrected chi connectivity index (χ3v) is 4.31. The topological polar surface area (TPSA) is 49.4 Å². The lowest BCUT2D eigenvalue weighted by Crippen LogP contribution is -2.28. The number of carbonyl (C=O) groups excluding carboxylic acids is 2. The van der Waals surface area contributed by atoms with Crippen molar-refractivity contribution in [2.45, 2.75) is 19.8 Å². The van der Waals surface area contributed by atoms with Crippen molar-refractivity contribution in [1.82, 2.24) is 4.90 Å². The molecule has 1 aliphatic heterocycles. The van der Waals surface area contributed by atoms with E-state index in [1.807, 2.05) is 48.2 Å². The highest BCUT2D eigenvalue weighted by Crippen LogP contribution is 2.20. The van der Waals surface area contributed by atoms with Gasteiger partial charge in [-0.3, -0.25) is 9.59 Å². The molecule has 25 heavy (non-hydrogen) atoms. The summed E-state index contributed by atoms with van der Waals surface area (Å²) in [5.41, 5.74) is 3.23. The summed E-state index contributed by atoms with van der Waals surface area (Å²) in [4.78, 5) is 26.7. The Balaban J connectivity index is 1.70. The molecule has 1 saturated heterocycles. The number of aryl methyl sites for hydroxylation is 1. The van der Waals surface area contributed by atoms with Crippen molar-refractivity contribution in [3.8, 4) is 0 Å². The third-order valence-electron chi connectivity index (χ3n) is 4.31. The van der Waals surface area contributed by atoms with E-state index in [1.165, 1.54) is 11.6 Å². The van der Waals surface area contributed by atoms with E-state index < -0.39 is 0 Å². The van der Waals surface area contributed by atoms with Crippen molar-refractivity contribution in [1.29, 1.82) is 0 Å². The molecule has 0 aromatic heterocycles. The summed E-state index contributed by atoms with van der Waals surface area (Å²) < 4.78 is 0. The number of amides is 2. The molecule has 0 saturated carbocycles. The Labute approximate surface area is 148 Å². The molecule has 3 rings (SSSR count). The highest BCUT2D eigenvalue weighted by Gasteiger charge is 2.21. The number of hydrogen-bond donors (Lipinski definition) is 1. The van der Waals surface area contributed by atoms with E-state index in [0.29, 0.717) is 11.3 Å². The predicted octanol–water partition coefficient (Wildman–Crippen LogP) is 3.88. The van der Waals surface area contributed by atoms with Gasteiger partial charge in [0.2, 0.25) is 5.91 Å². The fraction of sp³-hybridized carbons (Fsp3) is 0.238. The van der Waals surface area contributed by atoms with E-state index in [2.05, 4.69) is 5.32 Å². The van der Waals surface area contributed by atoms with Gasteiger partial charge in [-0.2, -0.15) is 0 Å². The molecule has 2 amide bonds. The molecule has 1 fully saturated rings. The molecular formula is C21H22N2O2. The Kier molecular flexibility index (Phi) is 5.29. The van der Waals surface area contributed by atoms with Gasteiger partial charge in [0.1, 0.15) is 0 Å². The van der Waals surface area contributed by atoms with Crippen LogP contribution in [-0.4, -0.2) is 29.8 Å². The summed E-state index contributed by atoms with van der Waals surface area (Å²) in [5.74, 6) is -0.266. The quantitative estimate of drug-likeness (QED) is 0.863. The van der Waals surface area contributed by atoms with Crippen LogP contribution in [0, 0.1) is 6.92 Å². The van der Waals surface area contributed by atoms with E-state index in [0.717, 1.165) is 31.5 Å². The van der Waals surface area contributed by atoms with Gasteiger partial charge in [0.05, 0.1) is 11.3 Å². The molecule has 0 unspecified atom stereocenters. The smallest absolute Gasteiger partial charge is 0.255 e. The molecule has 0 bridgehead atoms. The summed E-state index contributed by atoms with van der Waals surface area (Å²) in [6, 6.07) is 15.1. The molecule has 2 aromatic rings. The van der Waals surface area contributed by atoms with E-state index in [-0.39, 0.29) is 11.8 Å². The van der Waals surface area contributed by atoms with Crippen LogP contribution < -0.4 is 5.32 Å². The lowest BCUT2D eigenvalue weighted by Gasteiger charge is -2.17. The van der Waals surface area contributed by atoms with Crippen LogP contribution in [-0.2, 0) is 4.79 Å². The second kappa shape index (κ2) is 7.79. The van der Waals surface area contributed by atoms with Crippen molar-refractivity contribution in [3.05, 3.63) is 71.3 Å². The summed E-state index contributed by atoms with van der Waals surface area (Å²) in [6.45, 7) is 3.59. The monoisotopic (exact) mass is 334 g/mol. The molecule has 0 radical (unpaired) electrons. The number of nitrogens with one attached hydrogen (secondary N) is 1. The Morgan fingerprint density at radius 1 is 1.00 bits per heavy atom. The zero-order valence-electron chi connectivity index (χ0n) is 14.4. The number of rotatable bonds is 4. The van der Waals surface area contributed by atoms with E-state index in [1.54, 1.807) is 18.2 Å². The molecule has 0 atom stereocenters. The third kappa shape index (κ3) is 4.35. The summed E-state index contributed by atoms with van der Waals surface area (Å²) in [6.07, 6.45) is 5.33. The van der Waals surface area contributed by atoms with Gasteiger partial charge in [0.25, 0.3) is 5.91 Å². The van der Waals surface area contributed by atoms with Gasteiger partial charge in [-0.05, 0) is 43.5 Å². The van der Waals surface area contributed by atoms with Gasteiger partial charge in [-0.15, -0.1) is 0 Å². The SMILES string of the molecule is Cc1ccc(/C=C/C(=O)Nc2ccccc2C(=O)N2CCCC2)cc1. The maximum absolute atomic E-state index is 12.6. The number of nitrogens with zero attached hydrogens (tertiary/aromatic N) is 1. The van der Waals surface area contributed by atoms with Crippen LogP contribution in [0.2, 0.25) is 0 Å².